The van der Waals surface area contributed by atoms with E-state index in [1.54, 1.807) is 52.0 Å². The van der Waals surface area contributed by atoms with Gasteiger partial charge in [-0.3, -0.25) is 9.59 Å². The van der Waals surface area contributed by atoms with Crippen LogP contribution in [0.3, 0.4) is 0 Å². The van der Waals surface area contributed by atoms with Gasteiger partial charge in [0.2, 0.25) is 11.8 Å². The average Bonchev–Trinajstić information content (AvgIpc) is 2.72. The highest BCUT2D eigenvalue weighted by Crippen LogP contribution is 2.28. The maximum absolute atomic E-state index is 13.6. The summed E-state index contributed by atoms with van der Waals surface area (Å²) in [6, 6.07) is 3.96. The number of hydrogen-bond donors (Lipinski definition) is 3. The molecule has 0 radical (unpaired) electrons. The second-order valence-electron chi connectivity index (χ2n) is 9.18. The van der Waals surface area contributed by atoms with E-state index in [1.807, 2.05) is 20.8 Å². The summed E-state index contributed by atoms with van der Waals surface area (Å²) in [5, 5.41) is 15.2. The molecule has 3 unspecified atom stereocenters. The minimum atomic E-state index is -1.30. The summed E-state index contributed by atoms with van der Waals surface area (Å²) < 4.78 is 5.23. The van der Waals surface area contributed by atoms with E-state index >= 15 is 0 Å². The fourth-order valence-electron chi connectivity index (χ4n) is 3.26. The Labute approximate surface area is 197 Å². The van der Waals surface area contributed by atoms with E-state index in [9.17, 15) is 19.5 Å². The summed E-state index contributed by atoms with van der Waals surface area (Å²) in [5.41, 5.74) is 0.179. The molecular weight excluding hydrogens is 422 g/mol. The van der Waals surface area contributed by atoms with Crippen molar-refractivity contribution >= 4 is 17.9 Å². The molecule has 8 heteroatoms. The number of alkyl carbamates (subject to hydrolysis) is 1. The molecule has 1 aromatic rings. The molecule has 0 spiro atoms. The highest BCUT2D eigenvalue weighted by molar-refractivity contribution is 5.93. The number of benzene rings is 1. The molecule has 1 rings (SSSR count). The second-order valence-corrected chi connectivity index (χ2v) is 9.18. The molecule has 182 valence electrons. The summed E-state index contributed by atoms with van der Waals surface area (Å²) >= 11 is 0. The van der Waals surface area contributed by atoms with Gasteiger partial charge in [-0.25, -0.2) is 4.79 Å². The summed E-state index contributed by atoms with van der Waals surface area (Å²) in [6.07, 6.45) is 5.37. The smallest absolute Gasteiger partial charge is 0.408 e. The molecule has 8 nitrogen and oxygen atoms in total. The van der Waals surface area contributed by atoms with E-state index in [0.717, 1.165) is 0 Å². The van der Waals surface area contributed by atoms with Gasteiger partial charge in [0.1, 0.15) is 17.7 Å². The van der Waals surface area contributed by atoms with Crippen molar-refractivity contribution < 1.29 is 24.2 Å². The van der Waals surface area contributed by atoms with Crippen LogP contribution in [0.4, 0.5) is 4.79 Å². The Morgan fingerprint density at radius 1 is 1.15 bits per heavy atom. The molecule has 1 aromatic carbocycles. The predicted molar refractivity (Wildman–Crippen MR) is 127 cm³/mol. The molecule has 33 heavy (non-hydrogen) atoms. The molecule has 0 aromatic heterocycles. The van der Waals surface area contributed by atoms with E-state index in [0.29, 0.717) is 17.5 Å². The number of nitrogens with one attached hydrogen (secondary N) is 2. The zero-order chi connectivity index (χ0) is 25.3. The minimum Gasteiger partial charge on any atom is -0.444 e. The number of rotatable bonds is 9. The average molecular weight is 460 g/mol. The Bertz CT molecular complexity index is 870. The predicted octanol–water partition coefficient (Wildman–Crippen LogP) is 2.75. The van der Waals surface area contributed by atoms with Gasteiger partial charge in [-0.2, -0.15) is 0 Å². The van der Waals surface area contributed by atoms with Gasteiger partial charge in [0, 0.05) is 17.6 Å². The quantitative estimate of drug-likeness (QED) is 0.492. The van der Waals surface area contributed by atoms with Crippen LogP contribution < -0.4 is 10.6 Å². The summed E-state index contributed by atoms with van der Waals surface area (Å²) in [7, 11) is 0. The van der Waals surface area contributed by atoms with Gasteiger partial charge >= 0.3 is 6.09 Å². The van der Waals surface area contributed by atoms with E-state index < -0.39 is 48.2 Å². The molecule has 0 aliphatic heterocycles. The van der Waals surface area contributed by atoms with E-state index in [2.05, 4.69) is 16.6 Å². The molecule has 3 amide bonds. The third kappa shape index (κ3) is 8.10. The number of carbonyl (C=O) groups is 3. The fourth-order valence-corrected chi connectivity index (χ4v) is 3.26. The Morgan fingerprint density at radius 3 is 2.24 bits per heavy atom. The first-order chi connectivity index (χ1) is 15.4. The van der Waals surface area contributed by atoms with Gasteiger partial charge in [0.15, 0.2) is 0 Å². The molecule has 0 aliphatic carbocycles. The lowest BCUT2D eigenvalue weighted by Gasteiger charge is -2.38. The standard InChI is InChI=1S/C25H37N3O5/c1-9-17(5)28(23(31)20(15-29)27-24(32)33-25(6,7)8)21(22(30)26-16(3)4)19-14-12-11-13-18(19)10-2/h2,11-14,16-17,20-21,29H,9,15H2,1,3-8H3,(H,26,30)(H,27,32). The highest BCUT2D eigenvalue weighted by Gasteiger charge is 2.39. The van der Waals surface area contributed by atoms with E-state index in [1.165, 1.54) is 4.90 Å². The molecule has 0 bridgehead atoms. The number of aliphatic hydroxyl groups is 1. The fraction of sp³-hybridized carbons (Fsp3) is 0.560. The zero-order valence-corrected chi connectivity index (χ0v) is 20.6. The van der Waals surface area contributed by atoms with E-state index in [4.69, 9.17) is 11.2 Å². The Kier molecular flexibility index (Phi) is 10.4. The van der Waals surface area contributed by atoms with Gasteiger partial charge in [-0.1, -0.05) is 31.0 Å². The highest BCUT2D eigenvalue weighted by atomic mass is 16.6. The molecule has 0 saturated carbocycles. The molecule has 0 heterocycles. The van der Waals surface area contributed by atoms with Crippen LogP contribution in [0.25, 0.3) is 0 Å². The van der Waals surface area contributed by atoms with Crippen molar-refractivity contribution in [1.82, 2.24) is 15.5 Å². The van der Waals surface area contributed by atoms with Crippen molar-refractivity contribution in [3.63, 3.8) is 0 Å². The molecule has 0 fully saturated rings. The largest absolute Gasteiger partial charge is 0.444 e. The van der Waals surface area contributed by atoms with Gasteiger partial charge in [0.25, 0.3) is 0 Å². The van der Waals surface area contributed by atoms with Crippen LogP contribution in [0, 0.1) is 12.3 Å². The molecule has 3 atom stereocenters. The Balaban J connectivity index is 3.51. The maximum atomic E-state index is 13.6. The van der Waals surface area contributed by atoms with Crippen LogP contribution in [0.15, 0.2) is 24.3 Å². The number of ether oxygens (including phenoxy) is 1. The zero-order valence-electron chi connectivity index (χ0n) is 20.6. The number of aliphatic hydroxyl groups excluding tert-OH is 1. The summed E-state index contributed by atoms with van der Waals surface area (Å²) in [5.74, 6) is 1.55. The molecule has 0 aliphatic rings. The lowest BCUT2D eigenvalue weighted by Crippen LogP contribution is -2.57. The van der Waals surface area contributed by atoms with Crippen molar-refractivity contribution in [1.29, 1.82) is 0 Å². The first-order valence-corrected chi connectivity index (χ1v) is 11.1. The number of carbonyl (C=O) groups excluding carboxylic acids is 3. The number of hydrogen-bond acceptors (Lipinski definition) is 5. The van der Waals surface area contributed by atoms with Crippen LogP contribution >= 0.6 is 0 Å². The van der Waals surface area contributed by atoms with Crippen LogP contribution in [-0.2, 0) is 14.3 Å². The SMILES string of the molecule is C#Cc1ccccc1C(C(=O)NC(C)C)N(C(=O)C(CO)NC(=O)OC(C)(C)C)C(C)CC. The number of terminal acetylenes is 1. The number of amides is 3. The minimum absolute atomic E-state index is 0.180. The lowest BCUT2D eigenvalue weighted by molar-refractivity contribution is -0.146. The first kappa shape index (κ1) is 28.0. The van der Waals surface area contributed by atoms with Crippen LogP contribution in [0.2, 0.25) is 0 Å². The number of nitrogens with zero attached hydrogens (tertiary/aromatic N) is 1. The monoisotopic (exact) mass is 459 g/mol. The van der Waals surface area contributed by atoms with Crippen molar-refractivity contribution in [3.8, 4) is 12.3 Å². The Hall–Kier alpha value is -3.05. The second kappa shape index (κ2) is 12.3. The van der Waals surface area contributed by atoms with Gasteiger partial charge < -0.3 is 25.4 Å². The third-order valence-electron chi connectivity index (χ3n) is 4.86. The van der Waals surface area contributed by atoms with Gasteiger partial charge in [-0.05, 0) is 59.6 Å². The summed E-state index contributed by atoms with van der Waals surface area (Å²) in [4.78, 5) is 40.7. The molecule has 0 saturated heterocycles. The van der Waals surface area contributed by atoms with Crippen LogP contribution in [-0.4, -0.2) is 58.2 Å². The van der Waals surface area contributed by atoms with Crippen LogP contribution in [0.5, 0.6) is 0 Å². The Morgan fingerprint density at radius 2 is 1.76 bits per heavy atom. The first-order valence-electron chi connectivity index (χ1n) is 11.1. The van der Waals surface area contributed by atoms with Crippen molar-refractivity contribution in [2.45, 2.75) is 84.7 Å². The lowest BCUT2D eigenvalue weighted by atomic mass is 9.95. The van der Waals surface area contributed by atoms with Crippen LogP contribution in [0.1, 0.15) is 72.1 Å². The van der Waals surface area contributed by atoms with Crippen molar-refractivity contribution in [2.75, 3.05) is 6.61 Å². The van der Waals surface area contributed by atoms with Crippen molar-refractivity contribution in [3.05, 3.63) is 35.4 Å². The third-order valence-corrected chi connectivity index (χ3v) is 4.86. The molecule has 3 N–H and O–H groups in total. The van der Waals surface area contributed by atoms with Gasteiger partial charge in [-0.15, -0.1) is 6.42 Å². The molecular formula is C25H37N3O5. The van der Waals surface area contributed by atoms with Gasteiger partial charge in [0.05, 0.1) is 6.61 Å². The normalized spacial score (nSPS) is 13.9. The topological polar surface area (TPSA) is 108 Å². The summed E-state index contributed by atoms with van der Waals surface area (Å²) in [6.45, 7) is 11.7. The van der Waals surface area contributed by atoms with Crippen molar-refractivity contribution in [2.24, 2.45) is 0 Å². The van der Waals surface area contributed by atoms with E-state index in [-0.39, 0.29) is 6.04 Å². The maximum Gasteiger partial charge on any atom is 0.408 e.